The number of benzene rings is 2. The third-order valence-electron chi connectivity index (χ3n) is 6.77. The maximum atomic E-state index is 13.7. The molecule has 1 aliphatic carbocycles. The van der Waals surface area contributed by atoms with Gasteiger partial charge in [0.1, 0.15) is 29.8 Å². The fourth-order valence-corrected chi connectivity index (χ4v) is 4.40. The van der Waals surface area contributed by atoms with Crippen LogP contribution < -0.4 is 15.4 Å². The van der Waals surface area contributed by atoms with Gasteiger partial charge >= 0.3 is 11.9 Å². The maximum Gasteiger partial charge on any atom is 0.323 e. The minimum atomic E-state index is -0.739. The predicted octanol–water partition coefficient (Wildman–Crippen LogP) is 5.27. The van der Waals surface area contributed by atoms with Crippen molar-refractivity contribution in [3.05, 3.63) is 59.7 Å². The second kappa shape index (κ2) is 15.4. The molecule has 11 nitrogen and oxygen atoms in total. The molecule has 0 radical (unpaired) electrons. The van der Waals surface area contributed by atoms with Crippen molar-refractivity contribution in [3.63, 3.8) is 0 Å². The molecule has 4 rings (SSSR count). The summed E-state index contributed by atoms with van der Waals surface area (Å²) in [6.45, 7) is 5.88. The van der Waals surface area contributed by atoms with Gasteiger partial charge in [0.2, 0.25) is 5.91 Å². The van der Waals surface area contributed by atoms with Gasteiger partial charge in [0, 0.05) is 29.8 Å². The van der Waals surface area contributed by atoms with Gasteiger partial charge in [0.15, 0.2) is 0 Å². The number of hydrogen-bond acceptors (Lipinski definition) is 10. The average molecular weight is 628 g/mol. The molecule has 2 N–H and O–H groups in total. The van der Waals surface area contributed by atoms with Crippen LogP contribution in [0.2, 0.25) is 5.02 Å². The van der Waals surface area contributed by atoms with Crippen molar-refractivity contribution in [1.29, 1.82) is 0 Å². The van der Waals surface area contributed by atoms with Gasteiger partial charge in [-0.1, -0.05) is 17.7 Å². The number of anilines is 3. The lowest BCUT2D eigenvalue weighted by molar-refractivity contribution is -0.151. The lowest BCUT2D eigenvalue weighted by atomic mass is 10.1. The van der Waals surface area contributed by atoms with Gasteiger partial charge < -0.3 is 24.8 Å². The summed E-state index contributed by atoms with van der Waals surface area (Å²) in [7, 11) is 0. The first-order valence-corrected chi connectivity index (χ1v) is 14.7. The zero-order valence-corrected chi connectivity index (χ0v) is 25.5. The average Bonchev–Trinajstić information content (AvgIpc) is 3.82. The van der Waals surface area contributed by atoms with Gasteiger partial charge in [-0.15, -0.1) is 0 Å². The minimum absolute atomic E-state index is 0.0404. The first-order chi connectivity index (χ1) is 21.2. The third-order valence-corrected chi connectivity index (χ3v) is 7.06. The molecule has 1 amide bonds. The molecule has 0 saturated heterocycles. The topological polar surface area (TPSA) is 132 Å². The number of halogens is 2. The number of fused-ring (bicyclic) bond motifs is 1. The minimum Gasteiger partial charge on any atom is -0.491 e. The van der Waals surface area contributed by atoms with Gasteiger partial charge in [0.05, 0.1) is 42.6 Å². The zero-order valence-electron chi connectivity index (χ0n) is 24.8. The van der Waals surface area contributed by atoms with E-state index in [0.29, 0.717) is 46.4 Å². The summed E-state index contributed by atoms with van der Waals surface area (Å²) in [4.78, 5) is 47.8. The van der Waals surface area contributed by atoms with Crippen molar-refractivity contribution in [2.24, 2.45) is 5.92 Å². The molecular formula is C31H35ClFN5O6. The van der Waals surface area contributed by atoms with E-state index < -0.39 is 29.7 Å². The fraction of sp³-hybridized carbons (Fsp3) is 0.387. The molecule has 1 fully saturated rings. The Hall–Kier alpha value is -4.29. The molecule has 44 heavy (non-hydrogen) atoms. The first kappa shape index (κ1) is 32.6. The molecule has 1 unspecified atom stereocenters. The lowest BCUT2D eigenvalue weighted by Crippen LogP contribution is -2.43. The Labute approximate surface area is 259 Å². The van der Waals surface area contributed by atoms with E-state index in [1.165, 1.54) is 30.6 Å². The summed E-state index contributed by atoms with van der Waals surface area (Å²) >= 11 is 5.95. The van der Waals surface area contributed by atoms with E-state index in [-0.39, 0.29) is 31.3 Å². The molecule has 2 aromatic carbocycles. The van der Waals surface area contributed by atoms with Crippen molar-refractivity contribution in [1.82, 2.24) is 14.9 Å². The Morgan fingerprint density at radius 1 is 1.14 bits per heavy atom. The Kier molecular flexibility index (Phi) is 11.4. The monoisotopic (exact) mass is 627 g/mol. The summed E-state index contributed by atoms with van der Waals surface area (Å²) in [5.74, 6) is -0.661. The second-order valence-corrected chi connectivity index (χ2v) is 10.6. The first-order valence-electron chi connectivity index (χ1n) is 14.4. The Balaban J connectivity index is 1.55. The van der Waals surface area contributed by atoms with E-state index in [1.807, 2.05) is 0 Å². The van der Waals surface area contributed by atoms with E-state index >= 15 is 0 Å². The summed E-state index contributed by atoms with van der Waals surface area (Å²) in [6.07, 6.45) is 6.42. The predicted molar refractivity (Wildman–Crippen MR) is 165 cm³/mol. The highest BCUT2D eigenvalue weighted by molar-refractivity contribution is 6.31. The van der Waals surface area contributed by atoms with Crippen LogP contribution in [0.25, 0.3) is 10.9 Å². The number of carbonyl (C=O) groups is 3. The molecule has 1 aliphatic rings. The van der Waals surface area contributed by atoms with Crippen molar-refractivity contribution in [2.75, 3.05) is 43.5 Å². The number of rotatable bonds is 15. The molecule has 1 saturated carbocycles. The number of nitrogens with one attached hydrogen (secondary N) is 2. The highest BCUT2D eigenvalue weighted by atomic mass is 35.5. The van der Waals surface area contributed by atoms with Crippen molar-refractivity contribution < 1.29 is 33.0 Å². The van der Waals surface area contributed by atoms with Crippen molar-refractivity contribution in [3.8, 4) is 5.75 Å². The summed E-state index contributed by atoms with van der Waals surface area (Å²) in [5.41, 5.74) is 1.48. The molecule has 0 bridgehead atoms. The summed E-state index contributed by atoms with van der Waals surface area (Å²) in [6, 6.07) is 6.91. The summed E-state index contributed by atoms with van der Waals surface area (Å²) < 4.78 is 29.9. The molecule has 234 valence electrons. The van der Waals surface area contributed by atoms with Gasteiger partial charge in [-0.25, -0.2) is 14.4 Å². The third kappa shape index (κ3) is 9.10. The van der Waals surface area contributed by atoms with Crippen molar-refractivity contribution >= 4 is 57.5 Å². The van der Waals surface area contributed by atoms with Crippen LogP contribution in [0.4, 0.5) is 21.6 Å². The number of aromatic nitrogens is 2. The van der Waals surface area contributed by atoms with Crippen LogP contribution in [0.1, 0.15) is 33.6 Å². The van der Waals surface area contributed by atoms with Crippen LogP contribution >= 0.6 is 11.6 Å². The van der Waals surface area contributed by atoms with Gasteiger partial charge in [-0.3, -0.25) is 19.3 Å². The quantitative estimate of drug-likeness (QED) is 0.170. The largest absolute Gasteiger partial charge is 0.491 e. The van der Waals surface area contributed by atoms with E-state index in [4.69, 9.17) is 25.8 Å². The normalized spacial score (nSPS) is 13.6. The fourth-order valence-electron chi connectivity index (χ4n) is 4.22. The standard InChI is InChI=1S/C31H35ClFN5O6/c1-4-42-29(40)16-38(19(3)31(41)43-5-2)12-6-7-28(39)37-26-14-22-25(15-27(26)44-17-20-8-9-20)34-18-35-30(22)36-21-10-11-24(33)23(32)13-21/h6-7,10-11,13-15,18-20H,4-5,8-9,12,16-17H2,1-3H3,(H,37,39)(H,34,35,36). The molecule has 0 aliphatic heterocycles. The van der Waals surface area contributed by atoms with Crippen LogP contribution in [0.15, 0.2) is 48.8 Å². The number of esters is 2. The number of hydrogen-bond donors (Lipinski definition) is 2. The molecule has 1 atom stereocenters. The van der Waals surface area contributed by atoms with Gasteiger partial charge in [-0.2, -0.15) is 0 Å². The van der Waals surface area contributed by atoms with Crippen molar-refractivity contribution in [2.45, 2.75) is 39.7 Å². The molecule has 3 aromatic rings. The van der Waals surface area contributed by atoms with Crippen LogP contribution in [0.3, 0.4) is 0 Å². The second-order valence-electron chi connectivity index (χ2n) is 10.2. The molecular weight excluding hydrogens is 593 g/mol. The Bertz CT molecular complexity index is 1530. The van der Waals surface area contributed by atoms with E-state index in [0.717, 1.165) is 12.8 Å². The van der Waals surface area contributed by atoms with E-state index in [2.05, 4.69) is 20.6 Å². The number of ether oxygens (including phenoxy) is 3. The highest BCUT2D eigenvalue weighted by Gasteiger charge is 2.25. The molecule has 13 heteroatoms. The van der Waals surface area contributed by atoms with E-state index in [9.17, 15) is 18.8 Å². The van der Waals surface area contributed by atoms with Gasteiger partial charge in [0.25, 0.3) is 0 Å². The van der Waals surface area contributed by atoms with E-state index in [1.54, 1.807) is 43.9 Å². The molecule has 1 aromatic heterocycles. The Morgan fingerprint density at radius 3 is 2.61 bits per heavy atom. The number of nitrogens with zero attached hydrogens (tertiary/aromatic N) is 3. The lowest BCUT2D eigenvalue weighted by Gasteiger charge is -2.25. The van der Waals surface area contributed by atoms with Gasteiger partial charge in [-0.05, 0) is 63.8 Å². The highest BCUT2D eigenvalue weighted by Crippen LogP contribution is 2.36. The smallest absolute Gasteiger partial charge is 0.323 e. The number of amides is 1. The summed E-state index contributed by atoms with van der Waals surface area (Å²) in [5, 5.41) is 6.52. The zero-order chi connectivity index (χ0) is 31.6. The number of carbonyl (C=O) groups excluding carboxylic acids is 3. The van der Waals surface area contributed by atoms with Crippen LogP contribution in [-0.4, -0.2) is 71.7 Å². The SMILES string of the molecule is CCOC(=O)CN(CC=CC(=O)Nc1cc2c(Nc3ccc(F)c(Cl)c3)ncnc2cc1OCC1CC1)C(C)C(=O)OCC. The maximum absolute atomic E-state index is 13.7. The Morgan fingerprint density at radius 2 is 1.91 bits per heavy atom. The molecule has 0 spiro atoms. The molecule has 1 heterocycles. The van der Waals surface area contributed by atoms with Crippen LogP contribution in [0.5, 0.6) is 5.75 Å². The van der Waals surface area contributed by atoms with Crippen LogP contribution in [-0.2, 0) is 23.9 Å². The van der Waals surface area contributed by atoms with Crippen LogP contribution in [0, 0.1) is 11.7 Å².